The van der Waals surface area contributed by atoms with Gasteiger partial charge in [-0.25, -0.2) is 0 Å². The molecule has 0 bridgehead atoms. The number of aromatic nitrogens is 2. The molecule has 0 amide bonds. The van der Waals surface area contributed by atoms with Crippen LogP contribution in [0.3, 0.4) is 0 Å². The van der Waals surface area contributed by atoms with Crippen LogP contribution in [-0.2, 0) is 6.54 Å². The van der Waals surface area contributed by atoms with Gasteiger partial charge < -0.3 is 9.73 Å². The highest BCUT2D eigenvalue weighted by molar-refractivity contribution is 9.10. The molecule has 0 saturated carbocycles. The number of rotatable bonds is 5. The molecule has 1 fully saturated rings. The molecule has 1 N–H and O–H groups in total. The third kappa shape index (κ3) is 3.90. The minimum atomic E-state index is 0.574. The standard InChI is InChI=1S/C15H19BrN4O/c1-20(9-13-3-2-8-17-13)10-14-18-19-15(21-14)11-4-6-12(16)7-5-11/h4-7,13,17H,2-3,8-10H2,1H3. The third-order valence-electron chi connectivity index (χ3n) is 3.66. The van der Waals surface area contributed by atoms with Crippen molar-refractivity contribution < 1.29 is 4.42 Å². The molecule has 21 heavy (non-hydrogen) atoms. The summed E-state index contributed by atoms with van der Waals surface area (Å²) in [6.45, 7) is 2.82. The van der Waals surface area contributed by atoms with Crippen LogP contribution in [0.25, 0.3) is 11.5 Å². The summed E-state index contributed by atoms with van der Waals surface area (Å²) >= 11 is 3.42. The molecule has 2 heterocycles. The molecule has 3 rings (SSSR count). The van der Waals surface area contributed by atoms with E-state index >= 15 is 0 Å². The zero-order valence-corrected chi connectivity index (χ0v) is 13.6. The van der Waals surface area contributed by atoms with Crippen molar-refractivity contribution in [3.63, 3.8) is 0 Å². The van der Waals surface area contributed by atoms with Crippen LogP contribution < -0.4 is 5.32 Å². The number of nitrogens with one attached hydrogen (secondary N) is 1. The minimum Gasteiger partial charge on any atom is -0.419 e. The number of likely N-dealkylation sites (N-methyl/N-ethyl adjacent to an activating group) is 1. The summed E-state index contributed by atoms with van der Waals surface area (Å²) in [6.07, 6.45) is 2.52. The van der Waals surface area contributed by atoms with Crippen molar-refractivity contribution in [3.05, 3.63) is 34.6 Å². The molecule has 5 nitrogen and oxygen atoms in total. The van der Waals surface area contributed by atoms with Gasteiger partial charge in [-0.3, -0.25) is 4.90 Å². The smallest absolute Gasteiger partial charge is 0.247 e. The van der Waals surface area contributed by atoms with Crippen LogP contribution in [0.5, 0.6) is 0 Å². The average Bonchev–Trinajstić information content (AvgIpc) is 3.11. The predicted molar refractivity (Wildman–Crippen MR) is 84.8 cm³/mol. The van der Waals surface area contributed by atoms with E-state index in [9.17, 15) is 0 Å². The number of nitrogens with zero attached hydrogens (tertiary/aromatic N) is 3. The molecule has 6 heteroatoms. The zero-order chi connectivity index (χ0) is 14.7. The highest BCUT2D eigenvalue weighted by Gasteiger charge is 2.17. The van der Waals surface area contributed by atoms with E-state index in [1.54, 1.807) is 0 Å². The quantitative estimate of drug-likeness (QED) is 0.898. The summed E-state index contributed by atoms with van der Waals surface area (Å²) in [4.78, 5) is 2.22. The Bertz CT molecular complexity index is 578. The molecular formula is C15H19BrN4O. The van der Waals surface area contributed by atoms with Crippen LogP contribution in [0.15, 0.2) is 33.2 Å². The fourth-order valence-corrected chi connectivity index (χ4v) is 2.88. The number of halogens is 1. The summed E-state index contributed by atoms with van der Waals surface area (Å²) in [6, 6.07) is 8.46. The molecule has 112 valence electrons. The van der Waals surface area contributed by atoms with Crippen LogP contribution in [0.4, 0.5) is 0 Å². The summed E-state index contributed by atoms with van der Waals surface area (Å²) in [5.41, 5.74) is 0.942. The first-order chi connectivity index (χ1) is 10.2. The summed E-state index contributed by atoms with van der Waals surface area (Å²) in [5.74, 6) is 1.23. The van der Waals surface area contributed by atoms with Crippen molar-refractivity contribution in [2.24, 2.45) is 0 Å². The monoisotopic (exact) mass is 350 g/mol. The highest BCUT2D eigenvalue weighted by Crippen LogP contribution is 2.20. The lowest BCUT2D eigenvalue weighted by Crippen LogP contribution is -2.35. The normalized spacial score (nSPS) is 18.5. The number of hydrogen-bond donors (Lipinski definition) is 1. The van der Waals surface area contributed by atoms with Gasteiger partial charge in [-0.05, 0) is 50.7 Å². The second kappa shape index (κ2) is 6.68. The fraction of sp³-hybridized carbons (Fsp3) is 0.467. The Kier molecular flexibility index (Phi) is 4.67. The molecule has 1 atom stereocenters. The molecule has 0 aliphatic carbocycles. The summed E-state index contributed by atoms with van der Waals surface area (Å²) in [5, 5.41) is 11.8. The zero-order valence-electron chi connectivity index (χ0n) is 12.1. The second-order valence-electron chi connectivity index (χ2n) is 5.50. The molecule has 0 spiro atoms. The highest BCUT2D eigenvalue weighted by atomic mass is 79.9. The van der Waals surface area contributed by atoms with Gasteiger partial charge in [0, 0.05) is 22.6 Å². The third-order valence-corrected chi connectivity index (χ3v) is 4.19. The van der Waals surface area contributed by atoms with Crippen molar-refractivity contribution in [2.75, 3.05) is 20.1 Å². The van der Waals surface area contributed by atoms with Gasteiger partial charge in [-0.15, -0.1) is 10.2 Å². The van der Waals surface area contributed by atoms with E-state index in [1.165, 1.54) is 12.8 Å². The molecule has 1 unspecified atom stereocenters. The molecular weight excluding hydrogens is 332 g/mol. The number of benzene rings is 1. The lowest BCUT2D eigenvalue weighted by atomic mass is 10.2. The molecule has 1 saturated heterocycles. The maximum Gasteiger partial charge on any atom is 0.247 e. The van der Waals surface area contributed by atoms with Gasteiger partial charge in [0.05, 0.1) is 6.54 Å². The van der Waals surface area contributed by atoms with E-state index in [0.29, 0.717) is 24.4 Å². The molecule has 2 aromatic rings. The van der Waals surface area contributed by atoms with E-state index in [-0.39, 0.29) is 0 Å². The molecule has 1 aromatic heterocycles. The van der Waals surface area contributed by atoms with Gasteiger partial charge in [-0.1, -0.05) is 15.9 Å². The van der Waals surface area contributed by atoms with Crippen LogP contribution >= 0.6 is 15.9 Å². The maximum atomic E-state index is 5.75. The van der Waals surface area contributed by atoms with E-state index in [4.69, 9.17) is 4.42 Å². The second-order valence-corrected chi connectivity index (χ2v) is 6.41. The lowest BCUT2D eigenvalue weighted by Gasteiger charge is -2.19. The Labute approximate surface area is 132 Å². The fourth-order valence-electron chi connectivity index (χ4n) is 2.61. The van der Waals surface area contributed by atoms with E-state index in [1.807, 2.05) is 24.3 Å². The molecule has 1 aliphatic heterocycles. The van der Waals surface area contributed by atoms with Gasteiger partial charge >= 0.3 is 0 Å². The van der Waals surface area contributed by atoms with E-state index in [2.05, 4.69) is 43.4 Å². The van der Waals surface area contributed by atoms with Gasteiger partial charge in [0.25, 0.3) is 0 Å². The predicted octanol–water partition coefficient (Wildman–Crippen LogP) is 2.68. The van der Waals surface area contributed by atoms with Crippen molar-refractivity contribution in [3.8, 4) is 11.5 Å². The Morgan fingerprint density at radius 2 is 2.14 bits per heavy atom. The minimum absolute atomic E-state index is 0.574. The van der Waals surface area contributed by atoms with Crippen LogP contribution in [-0.4, -0.2) is 41.3 Å². The van der Waals surface area contributed by atoms with Crippen molar-refractivity contribution in [1.82, 2.24) is 20.4 Å². The van der Waals surface area contributed by atoms with Crippen LogP contribution in [0, 0.1) is 0 Å². The van der Waals surface area contributed by atoms with Crippen LogP contribution in [0.1, 0.15) is 18.7 Å². The molecule has 0 radical (unpaired) electrons. The Hall–Kier alpha value is -1.24. The summed E-state index contributed by atoms with van der Waals surface area (Å²) in [7, 11) is 2.09. The van der Waals surface area contributed by atoms with Gasteiger partial charge in [0.15, 0.2) is 0 Å². The topological polar surface area (TPSA) is 54.2 Å². The molecule has 1 aliphatic rings. The van der Waals surface area contributed by atoms with Crippen molar-refractivity contribution in [1.29, 1.82) is 0 Å². The van der Waals surface area contributed by atoms with E-state index < -0.39 is 0 Å². The Morgan fingerprint density at radius 3 is 2.86 bits per heavy atom. The van der Waals surface area contributed by atoms with Crippen LogP contribution in [0.2, 0.25) is 0 Å². The SMILES string of the molecule is CN(Cc1nnc(-c2ccc(Br)cc2)o1)CC1CCCN1. The average molecular weight is 351 g/mol. The first kappa shape index (κ1) is 14.7. The van der Waals surface area contributed by atoms with Crippen molar-refractivity contribution in [2.45, 2.75) is 25.4 Å². The summed E-state index contributed by atoms with van der Waals surface area (Å²) < 4.78 is 6.78. The molecule has 1 aromatic carbocycles. The first-order valence-corrected chi connectivity index (χ1v) is 8.00. The largest absolute Gasteiger partial charge is 0.419 e. The van der Waals surface area contributed by atoms with Gasteiger partial charge in [0.1, 0.15) is 0 Å². The number of hydrogen-bond acceptors (Lipinski definition) is 5. The lowest BCUT2D eigenvalue weighted by molar-refractivity contribution is 0.265. The maximum absolute atomic E-state index is 5.75. The Balaban J connectivity index is 1.60. The van der Waals surface area contributed by atoms with E-state index in [0.717, 1.165) is 23.1 Å². The van der Waals surface area contributed by atoms with Gasteiger partial charge in [0.2, 0.25) is 11.8 Å². The first-order valence-electron chi connectivity index (χ1n) is 7.21. The Morgan fingerprint density at radius 1 is 1.33 bits per heavy atom. The van der Waals surface area contributed by atoms with Gasteiger partial charge in [-0.2, -0.15) is 0 Å². The van der Waals surface area contributed by atoms with Crippen molar-refractivity contribution >= 4 is 15.9 Å².